The van der Waals surface area contributed by atoms with E-state index in [1.54, 1.807) is 0 Å². The number of imidazole rings is 1. The van der Waals surface area contributed by atoms with E-state index in [1.807, 2.05) is 4.98 Å². The molecule has 0 amide bonds. The van der Waals surface area contributed by atoms with E-state index in [0.717, 1.165) is 6.33 Å². The Balaban J connectivity index is 3.12. The van der Waals surface area contributed by atoms with Crippen LogP contribution in [-0.4, -0.2) is 9.97 Å². The van der Waals surface area contributed by atoms with Crippen LogP contribution in [0.25, 0.3) is 0 Å². The Labute approximate surface area is 38.2 Å². The molecule has 38 valence electrons. The van der Waals surface area contributed by atoms with Gasteiger partial charge in [-0.3, -0.25) is 0 Å². The fourth-order valence-electron chi connectivity index (χ4n) is 0.262. The van der Waals surface area contributed by atoms with Gasteiger partial charge in [0.15, 0.2) is 0 Å². The Kier molecular flexibility index (Phi) is 0.780. The lowest BCUT2D eigenvalue weighted by Gasteiger charge is -1.69. The van der Waals surface area contributed by atoms with Crippen molar-refractivity contribution in [1.29, 1.82) is 0 Å². The molecule has 0 bridgehead atoms. The summed E-state index contributed by atoms with van der Waals surface area (Å²) >= 11 is 0. The largest absolute Gasteiger partial charge is 0.319 e. The van der Waals surface area contributed by atoms with Gasteiger partial charge in [0, 0.05) is 0 Å². The average Bonchev–Trinajstić information content (AvgIpc) is 1.91. The van der Waals surface area contributed by atoms with Gasteiger partial charge in [-0.25, -0.2) is 4.98 Å². The van der Waals surface area contributed by atoms with Crippen molar-refractivity contribution in [2.24, 2.45) is 0 Å². The van der Waals surface area contributed by atoms with Crippen LogP contribution in [-0.2, 0) is 0 Å². The topological polar surface area (TPSA) is 28.7 Å². The molecule has 1 N–H and O–H groups in total. The number of hydrogen-bond donors (Lipinski definition) is 1. The lowest BCUT2D eigenvalue weighted by atomic mass is 10.9. The minimum absolute atomic E-state index is 0.949. The highest BCUT2D eigenvalue weighted by Crippen LogP contribution is 1.93. The summed E-state index contributed by atoms with van der Waals surface area (Å²) in [6.07, 6.45) is 0.949. The first-order chi connectivity index (χ1) is 3.30. The van der Waals surface area contributed by atoms with Gasteiger partial charge in [0.2, 0.25) is 5.95 Å². The van der Waals surface area contributed by atoms with Crippen LogP contribution in [0.3, 0.4) is 0 Å². The molecule has 0 saturated heterocycles. The number of halogens is 2. The molecule has 0 aliphatic heterocycles. The summed E-state index contributed by atoms with van der Waals surface area (Å²) in [6.45, 7) is 0. The van der Waals surface area contributed by atoms with Gasteiger partial charge in [-0.15, -0.1) is 0 Å². The molecule has 0 aliphatic carbocycles. The van der Waals surface area contributed by atoms with Crippen molar-refractivity contribution in [2.75, 3.05) is 0 Å². The third kappa shape index (κ3) is 0.581. The Morgan fingerprint density at radius 3 is 2.43 bits per heavy atom. The van der Waals surface area contributed by atoms with Gasteiger partial charge in [-0.2, -0.15) is 8.78 Å². The third-order valence-electron chi connectivity index (χ3n) is 0.550. The van der Waals surface area contributed by atoms with Gasteiger partial charge in [0.25, 0.3) is 5.95 Å². The maximum atomic E-state index is 11.6. The lowest BCUT2D eigenvalue weighted by Crippen LogP contribution is -1.75. The Bertz CT molecular complexity index is 143. The SMILES string of the molecule is Fc1nc[nH]c1F. The van der Waals surface area contributed by atoms with Crippen molar-refractivity contribution in [2.45, 2.75) is 0 Å². The van der Waals surface area contributed by atoms with Crippen molar-refractivity contribution >= 4 is 0 Å². The second-order valence-electron chi connectivity index (χ2n) is 1.01. The number of rotatable bonds is 0. The van der Waals surface area contributed by atoms with E-state index in [2.05, 4.69) is 4.98 Å². The molecule has 0 aromatic carbocycles. The van der Waals surface area contributed by atoms with Crippen LogP contribution in [0.15, 0.2) is 6.33 Å². The summed E-state index contributed by atoms with van der Waals surface area (Å²) in [5.74, 6) is -2.10. The van der Waals surface area contributed by atoms with E-state index < -0.39 is 11.9 Å². The fraction of sp³-hybridized carbons (Fsp3) is 0. The molecule has 1 aromatic heterocycles. The summed E-state index contributed by atoms with van der Waals surface area (Å²) in [5.41, 5.74) is 0. The van der Waals surface area contributed by atoms with E-state index in [1.165, 1.54) is 0 Å². The van der Waals surface area contributed by atoms with Crippen LogP contribution in [0.4, 0.5) is 8.78 Å². The van der Waals surface area contributed by atoms with E-state index in [-0.39, 0.29) is 0 Å². The van der Waals surface area contributed by atoms with E-state index >= 15 is 0 Å². The highest BCUT2D eigenvalue weighted by Gasteiger charge is 1.98. The molecular formula is C3H2F2N2. The predicted octanol–water partition coefficient (Wildman–Crippen LogP) is 0.688. The predicted molar refractivity (Wildman–Crippen MR) is 18.5 cm³/mol. The molecule has 2 nitrogen and oxygen atoms in total. The number of aromatic nitrogens is 2. The van der Waals surface area contributed by atoms with Crippen molar-refractivity contribution in [3.05, 3.63) is 18.2 Å². The number of nitrogens with one attached hydrogen (secondary N) is 1. The van der Waals surface area contributed by atoms with Crippen LogP contribution < -0.4 is 0 Å². The number of nitrogens with zero attached hydrogens (tertiary/aromatic N) is 1. The zero-order chi connectivity index (χ0) is 5.28. The quantitative estimate of drug-likeness (QED) is 0.515. The van der Waals surface area contributed by atoms with E-state index in [9.17, 15) is 8.78 Å². The smallest absolute Gasteiger partial charge is 0.267 e. The van der Waals surface area contributed by atoms with Gasteiger partial charge in [0.05, 0.1) is 6.33 Å². The van der Waals surface area contributed by atoms with Crippen LogP contribution >= 0.6 is 0 Å². The Morgan fingerprint density at radius 2 is 2.29 bits per heavy atom. The van der Waals surface area contributed by atoms with Crippen molar-refractivity contribution in [1.82, 2.24) is 9.97 Å². The van der Waals surface area contributed by atoms with Gasteiger partial charge in [-0.1, -0.05) is 0 Å². The lowest BCUT2D eigenvalue weighted by molar-refractivity contribution is 0.475. The highest BCUT2D eigenvalue weighted by atomic mass is 19.2. The van der Waals surface area contributed by atoms with Crippen LogP contribution in [0.2, 0.25) is 0 Å². The van der Waals surface area contributed by atoms with Crippen LogP contribution in [0.5, 0.6) is 0 Å². The summed E-state index contributed by atoms with van der Waals surface area (Å²) in [5, 5.41) is 0. The fourth-order valence-corrected chi connectivity index (χ4v) is 0.262. The molecule has 1 heterocycles. The molecule has 0 aliphatic rings. The molecule has 0 atom stereocenters. The van der Waals surface area contributed by atoms with Gasteiger partial charge in [0.1, 0.15) is 0 Å². The van der Waals surface area contributed by atoms with Crippen LogP contribution in [0, 0.1) is 11.9 Å². The average molecular weight is 104 g/mol. The first-order valence-electron chi connectivity index (χ1n) is 1.65. The second-order valence-corrected chi connectivity index (χ2v) is 1.01. The molecule has 1 aromatic rings. The Morgan fingerprint density at radius 1 is 1.57 bits per heavy atom. The summed E-state index contributed by atoms with van der Waals surface area (Å²) in [4.78, 5) is 4.83. The number of hydrogen-bond acceptors (Lipinski definition) is 1. The minimum atomic E-state index is -1.08. The molecule has 0 saturated carbocycles. The van der Waals surface area contributed by atoms with Gasteiger partial charge >= 0.3 is 0 Å². The molecular weight excluding hydrogens is 102 g/mol. The highest BCUT2D eigenvalue weighted by molar-refractivity contribution is 4.76. The molecule has 4 heteroatoms. The normalized spacial score (nSPS) is 9.43. The van der Waals surface area contributed by atoms with Crippen LogP contribution in [0.1, 0.15) is 0 Å². The maximum Gasteiger partial charge on any atom is 0.267 e. The van der Waals surface area contributed by atoms with E-state index in [4.69, 9.17) is 0 Å². The third-order valence-corrected chi connectivity index (χ3v) is 0.550. The molecule has 0 radical (unpaired) electrons. The summed E-state index contributed by atoms with van der Waals surface area (Å²) in [6, 6.07) is 0. The number of aromatic amines is 1. The second kappa shape index (κ2) is 1.29. The zero-order valence-corrected chi connectivity index (χ0v) is 3.28. The standard InChI is InChI=1S/C3H2F2N2/c4-2-3(5)7-1-6-2/h1H,(H,6,7). The van der Waals surface area contributed by atoms with Gasteiger partial charge in [-0.05, 0) is 0 Å². The number of H-pyrrole nitrogens is 1. The first kappa shape index (κ1) is 4.23. The zero-order valence-electron chi connectivity index (χ0n) is 3.28. The van der Waals surface area contributed by atoms with Crippen molar-refractivity contribution in [3.63, 3.8) is 0 Å². The summed E-state index contributed by atoms with van der Waals surface area (Å²) in [7, 11) is 0. The first-order valence-corrected chi connectivity index (χ1v) is 1.65. The van der Waals surface area contributed by atoms with Crippen molar-refractivity contribution < 1.29 is 8.78 Å². The maximum absolute atomic E-state index is 11.6. The van der Waals surface area contributed by atoms with Gasteiger partial charge < -0.3 is 4.98 Å². The monoisotopic (exact) mass is 104 g/mol. The van der Waals surface area contributed by atoms with Crippen molar-refractivity contribution in [3.8, 4) is 0 Å². The summed E-state index contributed by atoms with van der Waals surface area (Å²) < 4.78 is 23.1. The molecule has 7 heavy (non-hydrogen) atoms. The minimum Gasteiger partial charge on any atom is -0.319 e. The molecule has 0 spiro atoms. The molecule has 1 rings (SSSR count). The Hall–Kier alpha value is -0.930. The molecule has 0 unspecified atom stereocenters. The van der Waals surface area contributed by atoms with E-state index in [0.29, 0.717) is 0 Å². The molecule has 0 fully saturated rings.